The van der Waals surface area contributed by atoms with Crippen LogP contribution in [0.2, 0.25) is 0 Å². The fourth-order valence-corrected chi connectivity index (χ4v) is 6.92. The molecule has 45 heavy (non-hydrogen) atoms. The van der Waals surface area contributed by atoms with Crippen molar-refractivity contribution in [2.24, 2.45) is 0 Å². The van der Waals surface area contributed by atoms with E-state index < -0.39 is 48.3 Å². The number of benzene rings is 9. The fraction of sp³-hybridized carbons (Fsp3) is 0. The first kappa shape index (κ1) is 15.7. The number of hydrogen-bond acceptors (Lipinski definition) is 1. The molecule has 0 unspecified atom stereocenters. The van der Waals surface area contributed by atoms with Crippen molar-refractivity contribution in [2.45, 2.75) is 0 Å². The van der Waals surface area contributed by atoms with Crippen molar-refractivity contribution in [3.8, 4) is 33.4 Å². The van der Waals surface area contributed by atoms with Gasteiger partial charge in [0.05, 0.1) is 16.4 Å². The van der Waals surface area contributed by atoms with Gasteiger partial charge in [0.1, 0.15) is 11.2 Å². The molecule has 0 fully saturated rings. The summed E-state index contributed by atoms with van der Waals surface area (Å²) in [4.78, 5) is 0. The fourth-order valence-electron chi connectivity index (χ4n) is 6.92. The number of para-hydroxylation sites is 1. The predicted octanol–water partition coefficient (Wildman–Crippen LogP) is 12.6. The van der Waals surface area contributed by atoms with Crippen LogP contribution in [0.4, 0.5) is 0 Å². The topological polar surface area (TPSA) is 13.1 Å². The molecule has 1 heterocycles. The van der Waals surface area contributed by atoms with Crippen molar-refractivity contribution in [1.82, 2.24) is 0 Å². The first-order valence-electron chi connectivity index (χ1n) is 20.5. The maximum Gasteiger partial charge on any atom is 0.143 e. The van der Waals surface area contributed by atoms with E-state index in [2.05, 4.69) is 6.07 Å². The Morgan fingerprint density at radius 1 is 0.378 bits per heavy atom. The third-order valence-electron chi connectivity index (χ3n) is 8.83. The molecule has 0 bridgehead atoms. The Hall–Kier alpha value is -5.92. The van der Waals surface area contributed by atoms with E-state index in [1.54, 1.807) is 12.1 Å². The summed E-state index contributed by atoms with van der Waals surface area (Å²) in [5.74, 6) is 0. The van der Waals surface area contributed by atoms with Crippen molar-refractivity contribution in [2.75, 3.05) is 0 Å². The molecular formula is C44H26O. The maximum absolute atomic E-state index is 9.06. The molecule has 208 valence electrons. The molecule has 0 aliphatic heterocycles. The highest BCUT2D eigenvalue weighted by atomic mass is 16.3. The van der Waals surface area contributed by atoms with Gasteiger partial charge in [-0.15, -0.1) is 0 Å². The summed E-state index contributed by atoms with van der Waals surface area (Å²) in [6, 6.07) is 22.0. The van der Waals surface area contributed by atoms with Gasteiger partial charge in [0.2, 0.25) is 0 Å². The minimum atomic E-state index is -0.502. The van der Waals surface area contributed by atoms with E-state index in [1.165, 1.54) is 0 Å². The van der Waals surface area contributed by atoms with Gasteiger partial charge in [-0.1, -0.05) is 151 Å². The molecule has 0 saturated heterocycles. The van der Waals surface area contributed by atoms with Crippen molar-refractivity contribution >= 4 is 65.0 Å². The van der Waals surface area contributed by atoms with Crippen LogP contribution in [0.3, 0.4) is 0 Å². The largest absolute Gasteiger partial charge is 0.455 e. The summed E-state index contributed by atoms with van der Waals surface area (Å²) in [7, 11) is 0. The van der Waals surface area contributed by atoms with Crippen LogP contribution in [0.25, 0.3) is 98.4 Å². The second-order valence-corrected chi connectivity index (χ2v) is 11.1. The van der Waals surface area contributed by atoms with Gasteiger partial charge in [-0.3, -0.25) is 0 Å². The quantitative estimate of drug-likeness (QED) is 0.189. The van der Waals surface area contributed by atoms with Gasteiger partial charge in [0, 0.05) is 16.3 Å². The summed E-state index contributed by atoms with van der Waals surface area (Å²) in [5.41, 5.74) is 3.80. The maximum atomic E-state index is 9.06. The van der Waals surface area contributed by atoms with Crippen LogP contribution in [0.1, 0.15) is 16.4 Å². The van der Waals surface area contributed by atoms with Crippen LogP contribution in [-0.2, 0) is 0 Å². The van der Waals surface area contributed by atoms with Crippen LogP contribution in [0.5, 0.6) is 0 Å². The zero-order valence-electron chi connectivity index (χ0n) is 35.5. The highest BCUT2D eigenvalue weighted by Crippen LogP contribution is 2.46. The zero-order valence-corrected chi connectivity index (χ0v) is 23.5. The molecule has 0 amide bonds. The van der Waals surface area contributed by atoms with E-state index in [9.17, 15) is 0 Å². The number of fused-ring (bicyclic) bond motifs is 4. The Morgan fingerprint density at radius 3 is 1.82 bits per heavy atom. The van der Waals surface area contributed by atoms with E-state index in [-0.39, 0.29) is 46.1 Å². The standard InChI is InChI=1S/C44H26O/c1-2-9-28(10-3-1)32-14-7-17-39-43-36(16-8-18-40(43)45-44(32)39)35-24-20-30-21-25-37-34(23-19-29-22-26-38(35)42(30)41(29)37)33-15-6-12-27-11-4-5-13-31(27)33/h1-26H/i1D,2D,3D,4D,5D,6D,9D,10D,11D,12D,13D,15D. The summed E-state index contributed by atoms with van der Waals surface area (Å²) in [6.07, 6.45) is 0. The van der Waals surface area contributed by atoms with Crippen molar-refractivity contribution in [1.29, 1.82) is 0 Å². The lowest BCUT2D eigenvalue weighted by molar-refractivity contribution is 0.670. The van der Waals surface area contributed by atoms with Gasteiger partial charge in [0.15, 0.2) is 0 Å². The van der Waals surface area contributed by atoms with Crippen LogP contribution in [0, 0.1) is 0 Å². The molecule has 0 N–H and O–H groups in total. The van der Waals surface area contributed by atoms with Crippen molar-refractivity contribution < 1.29 is 20.9 Å². The van der Waals surface area contributed by atoms with Crippen LogP contribution >= 0.6 is 0 Å². The monoisotopic (exact) mass is 582 g/mol. The molecule has 9 aromatic carbocycles. The van der Waals surface area contributed by atoms with E-state index in [1.807, 2.05) is 66.7 Å². The Balaban J connectivity index is 1.26. The second-order valence-electron chi connectivity index (χ2n) is 11.1. The highest BCUT2D eigenvalue weighted by molar-refractivity contribution is 6.29. The van der Waals surface area contributed by atoms with Gasteiger partial charge in [0.25, 0.3) is 0 Å². The van der Waals surface area contributed by atoms with E-state index >= 15 is 0 Å². The van der Waals surface area contributed by atoms with Crippen molar-refractivity contribution in [3.05, 3.63) is 157 Å². The van der Waals surface area contributed by atoms with Crippen molar-refractivity contribution in [3.63, 3.8) is 0 Å². The molecule has 0 aliphatic carbocycles. The van der Waals surface area contributed by atoms with E-state index in [0.717, 1.165) is 48.8 Å². The molecular weight excluding hydrogens is 544 g/mol. The Kier molecular flexibility index (Phi) is 3.24. The third-order valence-corrected chi connectivity index (χ3v) is 8.83. The Bertz CT molecular complexity index is 3400. The zero-order chi connectivity index (χ0) is 39.9. The average molecular weight is 583 g/mol. The first-order valence-corrected chi connectivity index (χ1v) is 14.5. The second kappa shape index (κ2) is 9.29. The molecule has 10 aromatic rings. The van der Waals surface area contributed by atoms with Crippen LogP contribution in [-0.4, -0.2) is 0 Å². The predicted molar refractivity (Wildman–Crippen MR) is 191 cm³/mol. The number of rotatable bonds is 3. The minimum absolute atomic E-state index is 0.0317. The Morgan fingerprint density at radius 2 is 1.02 bits per heavy atom. The molecule has 0 aliphatic rings. The van der Waals surface area contributed by atoms with Gasteiger partial charge < -0.3 is 4.42 Å². The lowest BCUT2D eigenvalue weighted by atomic mass is 9.86. The smallest absolute Gasteiger partial charge is 0.143 e. The Labute approximate surface area is 276 Å². The summed E-state index contributed by atoms with van der Waals surface area (Å²) in [6.45, 7) is 0. The number of furan rings is 1. The van der Waals surface area contributed by atoms with Gasteiger partial charge in [-0.25, -0.2) is 0 Å². The molecule has 0 spiro atoms. The lowest BCUT2D eigenvalue weighted by Gasteiger charge is -2.17. The molecule has 0 saturated carbocycles. The summed E-state index contributed by atoms with van der Waals surface area (Å²) in [5, 5.41) is 6.70. The van der Waals surface area contributed by atoms with Crippen LogP contribution in [0.15, 0.2) is 162 Å². The number of hydrogen-bond donors (Lipinski definition) is 0. The minimum Gasteiger partial charge on any atom is -0.455 e. The molecule has 0 radical (unpaired) electrons. The van der Waals surface area contributed by atoms with Gasteiger partial charge >= 0.3 is 0 Å². The van der Waals surface area contributed by atoms with Crippen LogP contribution < -0.4 is 0 Å². The first-order chi connectivity index (χ1) is 27.3. The summed E-state index contributed by atoms with van der Waals surface area (Å²) >= 11 is 0. The SMILES string of the molecule is [2H]c1c([2H])c([2H])c(-c2cccc3c2oc2cccc(-c4ccc5ccc6c(-c7c([2H])c([2H])c([2H])c8c([2H])c([2H])c([2H])c([2H])c78)ccc7ccc4c5c76)c23)c([2H])c1[2H]. The van der Waals surface area contributed by atoms with E-state index in [0.29, 0.717) is 27.7 Å². The van der Waals surface area contributed by atoms with Gasteiger partial charge in [-0.05, 0) is 77.0 Å². The average Bonchev–Trinajstić information content (AvgIpc) is 3.61. The highest BCUT2D eigenvalue weighted by Gasteiger charge is 2.19. The normalized spacial score (nSPS) is 15.7. The van der Waals surface area contributed by atoms with Gasteiger partial charge in [-0.2, -0.15) is 0 Å². The molecule has 1 nitrogen and oxygen atoms in total. The van der Waals surface area contributed by atoms with E-state index in [4.69, 9.17) is 20.9 Å². The molecule has 1 heteroatoms. The molecule has 1 aromatic heterocycles. The lowest BCUT2D eigenvalue weighted by Crippen LogP contribution is -1.90. The molecule has 10 rings (SSSR count). The summed E-state index contributed by atoms with van der Waals surface area (Å²) < 4.78 is 109. The molecule has 0 atom stereocenters. The third kappa shape index (κ3) is 3.50.